The van der Waals surface area contributed by atoms with Crippen LogP contribution in [-0.4, -0.2) is 40.5 Å². The normalized spacial score (nSPS) is 36.9. The number of nitrogens with zero attached hydrogens (tertiary/aromatic N) is 3. The van der Waals surface area contributed by atoms with Gasteiger partial charge in [-0.3, -0.25) is 10.0 Å². The van der Waals surface area contributed by atoms with Gasteiger partial charge in [-0.2, -0.15) is 5.53 Å². The molecule has 96 valence electrons. The predicted octanol–water partition coefficient (Wildman–Crippen LogP) is 1.94. The lowest BCUT2D eigenvalue weighted by molar-refractivity contribution is 0.0738. The van der Waals surface area contributed by atoms with Crippen molar-refractivity contribution < 1.29 is 0 Å². The second-order valence-corrected chi connectivity index (χ2v) is 5.47. The largest absolute Gasteiger partial charge is 0.275 e. The Morgan fingerprint density at radius 3 is 2.88 bits per heavy atom. The second kappa shape index (κ2) is 4.58. The van der Waals surface area contributed by atoms with Crippen molar-refractivity contribution in [2.24, 2.45) is 4.99 Å². The van der Waals surface area contributed by atoms with Gasteiger partial charge in [0, 0.05) is 6.54 Å². The van der Waals surface area contributed by atoms with E-state index in [0.29, 0.717) is 18.1 Å². The molecule has 0 aromatic rings. The van der Waals surface area contributed by atoms with E-state index >= 15 is 0 Å². The fraction of sp³-hybridized carbons (Fsp3) is 0.923. The molecule has 17 heavy (non-hydrogen) atoms. The summed E-state index contributed by atoms with van der Waals surface area (Å²) in [5.41, 5.74) is 3.57. The summed E-state index contributed by atoms with van der Waals surface area (Å²) in [4.78, 5) is 5.01. The number of rotatable bonds is 3. The lowest BCUT2D eigenvalue weighted by Crippen LogP contribution is -2.48. The summed E-state index contributed by atoms with van der Waals surface area (Å²) in [5.74, 6) is 1.32. The zero-order chi connectivity index (χ0) is 11.8. The van der Waals surface area contributed by atoms with Gasteiger partial charge in [0.1, 0.15) is 5.84 Å². The molecule has 0 radical (unpaired) electrons. The molecular weight excluding hydrogens is 212 g/mol. The Morgan fingerprint density at radius 1 is 1.29 bits per heavy atom. The molecule has 0 bridgehead atoms. The number of likely N-dealkylation sites (N-methyl/N-ethyl adjacent to an activating group) is 1. The molecule has 0 amide bonds. The number of nitrogens with one attached hydrogen (secondary N) is 1. The molecule has 2 heterocycles. The van der Waals surface area contributed by atoms with Crippen LogP contribution in [0.1, 0.15) is 52.4 Å². The third-order valence-corrected chi connectivity index (χ3v) is 4.38. The highest BCUT2D eigenvalue weighted by Gasteiger charge is 2.46. The van der Waals surface area contributed by atoms with Crippen molar-refractivity contribution in [3.63, 3.8) is 0 Å². The van der Waals surface area contributed by atoms with Crippen molar-refractivity contribution in [1.29, 1.82) is 0 Å². The van der Waals surface area contributed by atoms with E-state index in [2.05, 4.69) is 29.4 Å². The molecule has 0 spiro atoms. The Balaban J connectivity index is 1.82. The maximum atomic E-state index is 5.01. The quantitative estimate of drug-likeness (QED) is 0.812. The summed E-state index contributed by atoms with van der Waals surface area (Å²) in [6.07, 6.45) is 7.77. The minimum absolute atomic E-state index is 0.510. The van der Waals surface area contributed by atoms with Crippen LogP contribution >= 0.6 is 0 Å². The van der Waals surface area contributed by atoms with Gasteiger partial charge in [0.25, 0.3) is 0 Å². The molecular formula is C13H24N4. The van der Waals surface area contributed by atoms with Gasteiger partial charge in [-0.1, -0.05) is 33.1 Å². The Kier molecular flexibility index (Phi) is 3.09. The molecule has 0 aromatic heterocycles. The van der Waals surface area contributed by atoms with Gasteiger partial charge >= 0.3 is 0 Å². The number of hydrazine groups is 2. The fourth-order valence-corrected chi connectivity index (χ4v) is 3.51. The molecule has 4 heteroatoms. The highest BCUT2D eigenvalue weighted by atomic mass is 15.8. The summed E-state index contributed by atoms with van der Waals surface area (Å²) in [5, 5.41) is 4.74. The van der Waals surface area contributed by atoms with E-state index in [1.165, 1.54) is 44.4 Å². The minimum atomic E-state index is 0.510. The van der Waals surface area contributed by atoms with Gasteiger partial charge in [0.15, 0.2) is 0 Å². The topological polar surface area (TPSA) is 30.9 Å². The Morgan fingerprint density at radius 2 is 2.12 bits per heavy atom. The van der Waals surface area contributed by atoms with Crippen LogP contribution in [0.4, 0.5) is 0 Å². The van der Waals surface area contributed by atoms with Crippen molar-refractivity contribution >= 4 is 5.84 Å². The van der Waals surface area contributed by atoms with Crippen LogP contribution < -0.4 is 5.53 Å². The maximum Gasteiger partial charge on any atom is 0.134 e. The van der Waals surface area contributed by atoms with Crippen molar-refractivity contribution in [1.82, 2.24) is 15.6 Å². The number of hydrogen-bond donors (Lipinski definition) is 1. The van der Waals surface area contributed by atoms with E-state index in [0.717, 1.165) is 6.54 Å². The van der Waals surface area contributed by atoms with Crippen molar-refractivity contribution in [3.05, 3.63) is 0 Å². The number of aliphatic imine (C=N–C) groups is 1. The number of amidine groups is 1. The van der Waals surface area contributed by atoms with Crippen molar-refractivity contribution in [2.75, 3.05) is 6.54 Å². The van der Waals surface area contributed by atoms with Crippen LogP contribution in [0.3, 0.4) is 0 Å². The van der Waals surface area contributed by atoms with Gasteiger partial charge in [-0.25, -0.2) is 5.01 Å². The van der Waals surface area contributed by atoms with Crippen LogP contribution in [0.25, 0.3) is 0 Å². The van der Waals surface area contributed by atoms with Crippen LogP contribution in [0.2, 0.25) is 0 Å². The molecule has 3 atom stereocenters. The lowest BCUT2D eigenvalue weighted by Gasteiger charge is -2.31. The fourth-order valence-electron chi connectivity index (χ4n) is 3.51. The molecule has 1 N–H and O–H groups in total. The molecule has 2 fully saturated rings. The van der Waals surface area contributed by atoms with Crippen LogP contribution in [0.15, 0.2) is 4.99 Å². The van der Waals surface area contributed by atoms with Gasteiger partial charge in [-0.05, 0) is 19.3 Å². The SMILES string of the molecule is CCCC1C2=NC3CCCCC3N2NN1CC. The summed E-state index contributed by atoms with van der Waals surface area (Å²) >= 11 is 0. The van der Waals surface area contributed by atoms with E-state index < -0.39 is 0 Å². The average molecular weight is 236 g/mol. The third-order valence-electron chi connectivity index (χ3n) is 4.38. The molecule has 4 nitrogen and oxygen atoms in total. The number of fused-ring (bicyclic) bond motifs is 3. The monoisotopic (exact) mass is 236 g/mol. The lowest BCUT2D eigenvalue weighted by atomic mass is 9.91. The van der Waals surface area contributed by atoms with E-state index in [1.54, 1.807) is 0 Å². The molecule has 1 aliphatic carbocycles. The highest BCUT2D eigenvalue weighted by molar-refractivity contribution is 5.90. The van der Waals surface area contributed by atoms with Gasteiger partial charge in [0.05, 0.1) is 18.1 Å². The summed E-state index contributed by atoms with van der Waals surface area (Å²) in [6, 6.07) is 1.72. The third kappa shape index (κ3) is 1.78. The second-order valence-electron chi connectivity index (χ2n) is 5.47. The highest BCUT2D eigenvalue weighted by Crippen LogP contribution is 2.34. The summed E-state index contributed by atoms with van der Waals surface area (Å²) in [6.45, 7) is 5.54. The first-order valence-electron chi connectivity index (χ1n) is 7.25. The summed E-state index contributed by atoms with van der Waals surface area (Å²) < 4.78 is 0. The van der Waals surface area contributed by atoms with Crippen LogP contribution in [0, 0.1) is 0 Å². The van der Waals surface area contributed by atoms with Crippen molar-refractivity contribution in [2.45, 2.75) is 70.5 Å². The molecule has 3 rings (SSSR count). The first-order valence-corrected chi connectivity index (χ1v) is 7.25. The van der Waals surface area contributed by atoms with Gasteiger partial charge in [-0.15, -0.1) is 0 Å². The molecule has 1 saturated carbocycles. The maximum absolute atomic E-state index is 5.01. The molecule has 2 aliphatic heterocycles. The first kappa shape index (κ1) is 11.5. The Bertz CT molecular complexity index is 315. The summed E-state index contributed by atoms with van der Waals surface area (Å²) in [7, 11) is 0. The molecule has 3 unspecified atom stereocenters. The minimum Gasteiger partial charge on any atom is -0.275 e. The van der Waals surface area contributed by atoms with E-state index in [4.69, 9.17) is 4.99 Å². The Hall–Kier alpha value is -0.610. The molecule has 3 aliphatic rings. The van der Waals surface area contributed by atoms with Crippen LogP contribution in [-0.2, 0) is 0 Å². The van der Waals surface area contributed by atoms with Gasteiger partial charge < -0.3 is 0 Å². The molecule has 1 saturated heterocycles. The Labute approximate surface area is 104 Å². The van der Waals surface area contributed by atoms with E-state index in [9.17, 15) is 0 Å². The first-order chi connectivity index (χ1) is 8.35. The number of hydrogen-bond acceptors (Lipinski definition) is 4. The van der Waals surface area contributed by atoms with E-state index in [-0.39, 0.29) is 0 Å². The average Bonchev–Trinajstić information content (AvgIpc) is 2.87. The van der Waals surface area contributed by atoms with Crippen molar-refractivity contribution in [3.8, 4) is 0 Å². The van der Waals surface area contributed by atoms with E-state index in [1.807, 2.05) is 0 Å². The smallest absolute Gasteiger partial charge is 0.134 e. The predicted molar refractivity (Wildman–Crippen MR) is 69.5 cm³/mol. The molecule has 0 aromatic carbocycles. The standard InChI is InChI=1S/C13H24N4/c1-3-7-12-13-14-10-8-5-6-9-11(10)17(13)15-16(12)4-2/h10-12,15H,3-9H2,1-2H3. The zero-order valence-corrected chi connectivity index (χ0v) is 11.0. The zero-order valence-electron chi connectivity index (χ0n) is 11.0. The van der Waals surface area contributed by atoms with Crippen LogP contribution in [0.5, 0.6) is 0 Å². The van der Waals surface area contributed by atoms with Gasteiger partial charge in [0.2, 0.25) is 0 Å².